The van der Waals surface area contributed by atoms with Crippen molar-refractivity contribution in [2.45, 2.75) is 6.42 Å². The summed E-state index contributed by atoms with van der Waals surface area (Å²) < 4.78 is 13.7. The molecule has 1 saturated heterocycles. The zero-order valence-corrected chi connectivity index (χ0v) is 11.2. The fourth-order valence-corrected chi connectivity index (χ4v) is 2.45. The van der Waals surface area contributed by atoms with E-state index in [2.05, 4.69) is 21.9 Å². The summed E-state index contributed by atoms with van der Waals surface area (Å²) >= 11 is 3.10. The minimum atomic E-state index is -0.958. The molecule has 0 aromatic heterocycles. The van der Waals surface area contributed by atoms with E-state index >= 15 is 0 Å². The number of benzene rings is 1. The summed E-state index contributed by atoms with van der Waals surface area (Å²) in [6, 6.07) is 2.01. The zero-order chi connectivity index (χ0) is 14.2. The molecule has 1 fully saturated rings. The molecule has 1 heterocycles. The smallest absolute Gasteiger partial charge is 0.306 e. The first kappa shape index (κ1) is 13.5. The van der Waals surface area contributed by atoms with Crippen LogP contribution >= 0.6 is 15.9 Å². The monoisotopic (exact) mass is 326 g/mol. The third-order valence-corrected chi connectivity index (χ3v) is 3.50. The van der Waals surface area contributed by atoms with E-state index in [0.29, 0.717) is 0 Å². The van der Waals surface area contributed by atoms with E-state index in [1.807, 2.05) is 0 Å². The molecular weight excluding hydrogens is 319 g/mol. The first-order valence-corrected chi connectivity index (χ1v) is 6.13. The number of halogens is 2. The van der Waals surface area contributed by atoms with E-state index in [1.54, 1.807) is 0 Å². The maximum atomic E-state index is 13.4. The average molecular weight is 327 g/mol. The molecule has 1 unspecified atom stereocenters. The maximum absolute atomic E-state index is 13.4. The van der Waals surface area contributed by atoms with Crippen molar-refractivity contribution in [1.29, 1.82) is 0 Å². The molecular formula is C12H8BrFN2O3. The Bertz CT molecular complexity index is 612. The van der Waals surface area contributed by atoms with Gasteiger partial charge in [-0.05, 0) is 22.0 Å². The van der Waals surface area contributed by atoms with Crippen LogP contribution < -0.4 is 4.90 Å². The van der Waals surface area contributed by atoms with Crippen molar-refractivity contribution in [2.75, 3.05) is 11.4 Å². The molecule has 0 N–H and O–H groups in total. The Kier molecular flexibility index (Phi) is 3.53. The van der Waals surface area contributed by atoms with Crippen molar-refractivity contribution >= 4 is 33.2 Å². The lowest BCUT2D eigenvalue weighted by atomic mass is 10.1. The second kappa shape index (κ2) is 4.97. The van der Waals surface area contributed by atoms with Crippen LogP contribution in [-0.2, 0) is 4.79 Å². The molecule has 1 aliphatic heterocycles. The second-order valence-corrected chi connectivity index (χ2v) is 4.94. The van der Waals surface area contributed by atoms with E-state index in [0.717, 1.165) is 12.1 Å². The van der Waals surface area contributed by atoms with E-state index < -0.39 is 16.4 Å². The van der Waals surface area contributed by atoms with Gasteiger partial charge in [-0.2, -0.15) is 4.39 Å². The topological polar surface area (TPSA) is 63.5 Å². The van der Waals surface area contributed by atoms with Gasteiger partial charge in [0.25, 0.3) is 0 Å². The lowest BCUT2D eigenvalue weighted by Crippen LogP contribution is -2.25. The zero-order valence-electron chi connectivity index (χ0n) is 9.60. The van der Waals surface area contributed by atoms with Gasteiger partial charge in [-0.1, -0.05) is 0 Å². The van der Waals surface area contributed by atoms with Crippen molar-refractivity contribution in [3.8, 4) is 12.3 Å². The van der Waals surface area contributed by atoms with Crippen molar-refractivity contribution in [3.05, 3.63) is 32.5 Å². The van der Waals surface area contributed by atoms with Gasteiger partial charge >= 0.3 is 5.69 Å². The average Bonchev–Trinajstić information content (AvgIpc) is 2.70. The van der Waals surface area contributed by atoms with Crippen LogP contribution in [0, 0.1) is 34.2 Å². The van der Waals surface area contributed by atoms with Gasteiger partial charge in [0.05, 0.1) is 10.6 Å². The normalized spacial score (nSPS) is 18.5. The predicted octanol–water partition coefficient (Wildman–Crippen LogP) is 2.48. The SMILES string of the molecule is C#CC1CC(=O)N(c2cc([N+](=O)[O-])c(F)cc2Br)C1. The van der Waals surface area contributed by atoms with Crippen molar-refractivity contribution in [2.24, 2.45) is 5.92 Å². The van der Waals surface area contributed by atoms with Crippen LogP contribution in [-0.4, -0.2) is 17.4 Å². The van der Waals surface area contributed by atoms with Crippen LogP contribution in [0.3, 0.4) is 0 Å². The van der Waals surface area contributed by atoms with Crippen molar-refractivity contribution < 1.29 is 14.1 Å². The van der Waals surface area contributed by atoms with Gasteiger partial charge in [0, 0.05) is 29.4 Å². The Labute approximate surface area is 116 Å². The number of amides is 1. The number of hydrogen-bond acceptors (Lipinski definition) is 3. The Balaban J connectivity index is 2.46. The molecule has 1 amide bonds. The molecule has 0 bridgehead atoms. The largest absolute Gasteiger partial charge is 0.310 e. The Morgan fingerprint density at radius 2 is 2.26 bits per heavy atom. The highest BCUT2D eigenvalue weighted by Gasteiger charge is 2.32. The number of anilines is 1. The first-order chi connectivity index (χ1) is 8.93. The van der Waals surface area contributed by atoms with Gasteiger partial charge in [-0.25, -0.2) is 0 Å². The highest BCUT2D eigenvalue weighted by Crippen LogP contribution is 2.35. The lowest BCUT2D eigenvalue weighted by Gasteiger charge is -2.17. The van der Waals surface area contributed by atoms with Crippen LogP contribution in [0.1, 0.15) is 6.42 Å². The summed E-state index contributed by atoms with van der Waals surface area (Å²) in [5.41, 5.74) is -0.411. The Morgan fingerprint density at radius 1 is 1.58 bits per heavy atom. The number of nitro benzene ring substituents is 1. The lowest BCUT2D eigenvalue weighted by molar-refractivity contribution is -0.387. The number of nitrogens with zero attached hydrogens (tertiary/aromatic N) is 2. The third-order valence-electron chi connectivity index (χ3n) is 2.86. The minimum Gasteiger partial charge on any atom is -0.310 e. The summed E-state index contributed by atoms with van der Waals surface area (Å²) in [6.45, 7) is 0.275. The van der Waals surface area contributed by atoms with E-state index in [1.165, 1.54) is 4.90 Å². The van der Waals surface area contributed by atoms with Crippen molar-refractivity contribution in [1.82, 2.24) is 0 Å². The number of terminal acetylenes is 1. The van der Waals surface area contributed by atoms with Crippen LogP contribution in [0.5, 0.6) is 0 Å². The van der Waals surface area contributed by atoms with Gasteiger partial charge in [0.1, 0.15) is 0 Å². The summed E-state index contributed by atoms with van der Waals surface area (Å²) in [5, 5.41) is 10.7. The van der Waals surface area contributed by atoms with Crippen molar-refractivity contribution in [3.63, 3.8) is 0 Å². The molecule has 1 atom stereocenters. The van der Waals surface area contributed by atoms with E-state index in [4.69, 9.17) is 6.42 Å². The van der Waals surface area contributed by atoms with Crippen LogP contribution in [0.4, 0.5) is 15.8 Å². The Morgan fingerprint density at radius 3 is 2.79 bits per heavy atom. The fraction of sp³-hybridized carbons (Fsp3) is 0.250. The van der Waals surface area contributed by atoms with Crippen LogP contribution in [0.2, 0.25) is 0 Å². The Hall–Kier alpha value is -1.94. The maximum Gasteiger partial charge on any atom is 0.306 e. The molecule has 7 heteroatoms. The fourth-order valence-electron chi connectivity index (χ4n) is 1.93. The number of nitro groups is 1. The summed E-state index contributed by atoms with van der Waals surface area (Å²) in [7, 11) is 0. The molecule has 0 radical (unpaired) electrons. The van der Waals surface area contributed by atoms with Gasteiger partial charge < -0.3 is 4.90 Å². The number of hydrogen-bond donors (Lipinski definition) is 0. The van der Waals surface area contributed by atoms with Crippen LogP contribution in [0.25, 0.3) is 0 Å². The highest BCUT2D eigenvalue weighted by molar-refractivity contribution is 9.10. The summed E-state index contributed by atoms with van der Waals surface area (Å²) in [4.78, 5) is 23.0. The summed E-state index contributed by atoms with van der Waals surface area (Å²) in [6.07, 6.45) is 5.46. The number of carbonyl (C=O) groups is 1. The molecule has 98 valence electrons. The molecule has 0 saturated carbocycles. The molecule has 5 nitrogen and oxygen atoms in total. The van der Waals surface area contributed by atoms with Gasteiger partial charge in [-0.3, -0.25) is 14.9 Å². The second-order valence-electron chi connectivity index (χ2n) is 4.08. The van der Waals surface area contributed by atoms with E-state index in [9.17, 15) is 19.3 Å². The number of rotatable bonds is 2. The first-order valence-electron chi connectivity index (χ1n) is 5.34. The minimum absolute atomic E-state index is 0.189. The third kappa shape index (κ3) is 2.44. The van der Waals surface area contributed by atoms with Crippen LogP contribution in [0.15, 0.2) is 16.6 Å². The molecule has 19 heavy (non-hydrogen) atoms. The predicted molar refractivity (Wildman–Crippen MR) is 70.0 cm³/mol. The molecule has 1 aromatic carbocycles. The quantitative estimate of drug-likeness (QED) is 0.476. The van der Waals surface area contributed by atoms with E-state index in [-0.39, 0.29) is 35.0 Å². The molecule has 2 rings (SSSR count). The van der Waals surface area contributed by atoms with Gasteiger partial charge in [0.15, 0.2) is 0 Å². The molecule has 0 spiro atoms. The summed E-state index contributed by atoms with van der Waals surface area (Å²) in [5.74, 6) is 1.05. The van der Waals surface area contributed by atoms with Gasteiger partial charge in [0.2, 0.25) is 11.7 Å². The molecule has 1 aliphatic rings. The highest BCUT2D eigenvalue weighted by atomic mass is 79.9. The van der Waals surface area contributed by atoms with Gasteiger partial charge in [-0.15, -0.1) is 12.3 Å². The molecule has 0 aliphatic carbocycles. The standard InChI is InChI=1S/C12H8BrFN2O3/c1-2-7-3-12(17)15(6-7)10-5-11(16(18)19)9(14)4-8(10)13/h1,4-5,7H,3,6H2. The number of carbonyl (C=O) groups excluding carboxylic acids is 1. The molecule has 1 aromatic rings.